The lowest BCUT2D eigenvalue weighted by Crippen LogP contribution is -2.38. The molecule has 0 radical (unpaired) electrons. The van der Waals surface area contributed by atoms with Crippen molar-refractivity contribution in [2.75, 3.05) is 32.2 Å². The molecular weight excluding hydrogens is 539 g/mol. The van der Waals surface area contributed by atoms with Crippen LogP contribution >= 0.6 is 15.9 Å². The molecule has 0 atom stereocenters. The minimum Gasteiger partial charge on any atom is -0.493 e. The highest BCUT2D eigenvalue weighted by molar-refractivity contribution is 9.10. The van der Waals surface area contributed by atoms with Crippen LogP contribution in [0, 0.1) is 5.82 Å². The summed E-state index contributed by atoms with van der Waals surface area (Å²) in [6.45, 7) is 4.22. The number of hydrogen-bond donors (Lipinski definition) is 3. The SMILES string of the molecule is COc1cc(/C=N\NC(=O)C(=O)NCCCOC(C)C)ccc1OCC(=O)Nc1ccc(Br)cc1F. The van der Waals surface area contributed by atoms with E-state index in [1.54, 1.807) is 24.3 Å². The van der Waals surface area contributed by atoms with E-state index in [1.807, 2.05) is 13.8 Å². The van der Waals surface area contributed by atoms with E-state index in [0.717, 1.165) is 0 Å². The summed E-state index contributed by atoms with van der Waals surface area (Å²) in [6.07, 6.45) is 2.00. The van der Waals surface area contributed by atoms with Crippen LogP contribution in [0.4, 0.5) is 10.1 Å². The molecule has 12 heteroatoms. The van der Waals surface area contributed by atoms with Crippen LogP contribution in [0.3, 0.4) is 0 Å². The topological polar surface area (TPSA) is 127 Å². The van der Waals surface area contributed by atoms with Crippen molar-refractivity contribution in [1.82, 2.24) is 10.7 Å². The molecule has 0 saturated carbocycles. The Balaban J connectivity index is 1.83. The van der Waals surface area contributed by atoms with Crippen LogP contribution in [0.15, 0.2) is 46.0 Å². The number of carbonyl (C=O) groups excluding carboxylic acids is 3. The van der Waals surface area contributed by atoms with Crippen molar-refractivity contribution in [2.24, 2.45) is 5.10 Å². The Morgan fingerprint density at radius 3 is 2.58 bits per heavy atom. The number of benzene rings is 2. The quantitative estimate of drug-likeness (QED) is 0.157. The lowest BCUT2D eigenvalue weighted by atomic mass is 10.2. The lowest BCUT2D eigenvalue weighted by molar-refractivity contribution is -0.139. The van der Waals surface area contributed by atoms with Crippen LogP contribution < -0.4 is 25.5 Å². The molecule has 36 heavy (non-hydrogen) atoms. The first-order chi connectivity index (χ1) is 17.2. The summed E-state index contributed by atoms with van der Waals surface area (Å²) in [4.78, 5) is 35.7. The van der Waals surface area contributed by atoms with Crippen molar-refractivity contribution in [3.8, 4) is 11.5 Å². The zero-order chi connectivity index (χ0) is 26.5. The van der Waals surface area contributed by atoms with Gasteiger partial charge in [0.15, 0.2) is 18.1 Å². The number of nitrogens with one attached hydrogen (secondary N) is 3. The average molecular weight is 567 g/mol. The first-order valence-corrected chi connectivity index (χ1v) is 11.8. The third kappa shape index (κ3) is 10.0. The second kappa shape index (κ2) is 14.8. The zero-order valence-electron chi connectivity index (χ0n) is 20.1. The molecule has 0 aliphatic heterocycles. The van der Waals surface area contributed by atoms with Gasteiger partial charge in [0.25, 0.3) is 5.91 Å². The number of halogens is 2. The average Bonchev–Trinajstić information content (AvgIpc) is 2.84. The van der Waals surface area contributed by atoms with Crippen molar-refractivity contribution in [3.05, 3.63) is 52.3 Å². The minimum atomic E-state index is -0.906. The molecule has 3 amide bonds. The third-order valence-electron chi connectivity index (χ3n) is 4.40. The van der Waals surface area contributed by atoms with Crippen molar-refractivity contribution < 1.29 is 33.0 Å². The highest BCUT2D eigenvalue weighted by Crippen LogP contribution is 2.27. The van der Waals surface area contributed by atoms with Gasteiger partial charge in [-0.3, -0.25) is 14.4 Å². The molecule has 0 fully saturated rings. The predicted molar refractivity (Wildman–Crippen MR) is 136 cm³/mol. The third-order valence-corrected chi connectivity index (χ3v) is 4.89. The Bertz CT molecular complexity index is 1100. The van der Waals surface area contributed by atoms with Gasteiger partial charge in [-0.15, -0.1) is 0 Å². The normalized spacial score (nSPS) is 10.8. The first kappa shape index (κ1) is 28.7. The van der Waals surface area contributed by atoms with Gasteiger partial charge in [-0.05, 0) is 62.2 Å². The molecule has 2 aromatic carbocycles. The summed E-state index contributed by atoms with van der Waals surface area (Å²) in [5.74, 6) is -2.28. The molecule has 0 bridgehead atoms. The molecule has 0 aliphatic carbocycles. The predicted octanol–water partition coefficient (Wildman–Crippen LogP) is 3.00. The van der Waals surface area contributed by atoms with Gasteiger partial charge in [-0.2, -0.15) is 5.10 Å². The Kier molecular flexibility index (Phi) is 11.8. The lowest BCUT2D eigenvalue weighted by Gasteiger charge is -2.12. The van der Waals surface area contributed by atoms with Crippen molar-refractivity contribution >= 4 is 45.6 Å². The monoisotopic (exact) mass is 566 g/mol. The Labute approximate surface area is 216 Å². The standard InChI is InChI=1S/C24H28BrFN4O6/c1-15(2)35-10-4-9-27-23(32)24(33)30-28-13-16-5-8-20(21(11-16)34-3)36-14-22(31)29-19-7-6-17(25)12-18(19)26/h5-8,11-13,15H,4,9-10,14H2,1-3H3,(H,27,32)(H,29,31)(H,30,33)/b28-13-. The van der Waals surface area contributed by atoms with Crippen molar-refractivity contribution in [2.45, 2.75) is 26.4 Å². The fraction of sp³-hybridized carbons (Fsp3) is 0.333. The smallest absolute Gasteiger partial charge is 0.329 e. The van der Waals surface area contributed by atoms with Crippen LogP contribution in [-0.4, -0.2) is 56.9 Å². The van der Waals surface area contributed by atoms with E-state index < -0.39 is 23.5 Å². The molecule has 0 aliphatic rings. The fourth-order valence-corrected chi connectivity index (χ4v) is 3.03. The second-order valence-corrected chi connectivity index (χ2v) is 8.52. The van der Waals surface area contributed by atoms with E-state index >= 15 is 0 Å². The number of hydrazone groups is 1. The maximum absolute atomic E-state index is 13.9. The fourth-order valence-electron chi connectivity index (χ4n) is 2.69. The van der Waals surface area contributed by atoms with Gasteiger partial charge in [0, 0.05) is 17.6 Å². The highest BCUT2D eigenvalue weighted by Gasteiger charge is 2.13. The summed E-state index contributed by atoms with van der Waals surface area (Å²) < 4.78 is 30.5. The molecule has 2 rings (SSSR count). The molecular formula is C24H28BrFN4O6. The van der Waals surface area contributed by atoms with Crippen LogP contribution in [0.1, 0.15) is 25.8 Å². The van der Waals surface area contributed by atoms with E-state index in [9.17, 15) is 18.8 Å². The molecule has 0 spiro atoms. The molecule has 0 saturated heterocycles. The summed E-state index contributed by atoms with van der Waals surface area (Å²) in [6, 6.07) is 8.97. The van der Waals surface area contributed by atoms with Crippen LogP contribution in [0.5, 0.6) is 11.5 Å². The number of amides is 3. The number of methoxy groups -OCH3 is 1. The number of anilines is 1. The second-order valence-electron chi connectivity index (χ2n) is 7.60. The van der Waals surface area contributed by atoms with Crippen molar-refractivity contribution in [3.63, 3.8) is 0 Å². The summed E-state index contributed by atoms with van der Waals surface area (Å²) in [5.41, 5.74) is 2.71. The van der Waals surface area contributed by atoms with E-state index in [4.69, 9.17) is 14.2 Å². The molecule has 10 nitrogen and oxygen atoms in total. The Morgan fingerprint density at radius 1 is 1.11 bits per heavy atom. The van der Waals surface area contributed by atoms with Crippen LogP contribution in [0.2, 0.25) is 0 Å². The van der Waals surface area contributed by atoms with Gasteiger partial charge in [-0.1, -0.05) is 15.9 Å². The molecule has 194 valence electrons. The van der Waals surface area contributed by atoms with Gasteiger partial charge >= 0.3 is 11.8 Å². The largest absolute Gasteiger partial charge is 0.493 e. The maximum atomic E-state index is 13.9. The zero-order valence-corrected chi connectivity index (χ0v) is 21.7. The highest BCUT2D eigenvalue weighted by atomic mass is 79.9. The van der Waals surface area contributed by atoms with E-state index in [0.29, 0.717) is 35.4 Å². The Morgan fingerprint density at radius 2 is 1.89 bits per heavy atom. The number of ether oxygens (including phenoxy) is 3. The molecule has 2 aromatic rings. The summed E-state index contributed by atoms with van der Waals surface area (Å²) in [7, 11) is 1.42. The van der Waals surface area contributed by atoms with Gasteiger partial charge in [-0.25, -0.2) is 9.82 Å². The Hall–Kier alpha value is -3.51. The van der Waals surface area contributed by atoms with Crippen LogP contribution in [0.25, 0.3) is 0 Å². The summed E-state index contributed by atoms with van der Waals surface area (Å²) >= 11 is 3.15. The van der Waals surface area contributed by atoms with E-state index in [1.165, 1.54) is 25.5 Å². The van der Waals surface area contributed by atoms with E-state index in [2.05, 4.69) is 37.1 Å². The number of rotatable bonds is 12. The van der Waals surface area contributed by atoms with Gasteiger partial charge in [0.2, 0.25) is 0 Å². The molecule has 3 N–H and O–H groups in total. The van der Waals surface area contributed by atoms with Crippen molar-refractivity contribution in [1.29, 1.82) is 0 Å². The van der Waals surface area contributed by atoms with Gasteiger partial charge < -0.3 is 24.8 Å². The van der Waals surface area contributed by atoms with Crippen LogP contribution in [-0.2, 0) is 19.1 Å². The van der Waals surface area contributed by atoms with Gasteiger partial charge in [0.1, 0.15) is 5.82 Å². The molecule has 0 heterocycles. The number of hydrogen-bond acceptors (Lipinski definition) is 7. The maximum Gasteiger partial charge on any atom is 0.329 e. The summed E-state index contributed by atoms with van der Waals surface area (Å²) in [5, 5.41) is 8.67. The minimum absolute atomic E-state index is 0.0289. The number of carbonyl (C=O) groups is 3. The molecule has 0 aromatic heterocycles. The molecule has 0 unspecified atom stereocenters. The van der Waals surface area contributed by atoms with Gasteiger partial charge in [0.05, 0.1) is 25.1 Å². The number of nitrogens with zero attached hydrogens (tertiary/aromatic N) is 1. The first-order valence-electron chi connectivity index (χ1n) is 11.0. The van der Waals surface area contributed by atoms with E-state index in [-0.39, 0.29) is 24.1 Å².